The summed E-state index contributed by atoms with van der Waals surface area (Å²) in [6.45, 7) is 5.52. The van der Waals surface area contributed by atoms with Gasteiger partial charge in [0.25, 0.3) is 0 Å². The van der Waals surface area contributed by atoms with Crippen LogP contribution in [0.3, 0.4) is 0 Å². The van der Waals surface area contributed by atoms with Crippen LogP contribution < -0.4 is 5.32 Å². The van der Waals surface area contributed by atoms with E-state index in [2.05, 4.69) is 31.3 Å². The van der Waals surface area contributed by atoms with Gasteiger partial charge in [0.15, 0.2) is 0 Å². The second kappa shape index (κ2) is 2.31. The molecule has 0 aromatic rings. The van der Waals surface area contributed by atoms with Crippen molar-refractivity contribution in [1.29, 1.82) is 0 Å². The van der Waals surface area contributed by atoms with Gasteiger partial charge in [0.1, 0.15) is 0 Å². The van der Waals surface area contributed by atoms with Gasteiger partial charge in [-0.2, -0.15) is 0 Å². The van der Waals surface area contributed by atoms with Crippen molar-refractivity contribution in [2.75, 3.05) is 6.54 Å². The summed E-state index contributed by atoms with van der Waals surface area (Å²) in [4.78, 5) is 0. The molecule has 0 fully saturated rings. The molecule has 1 aliphatic heterocycles. The van der Waals surface area contributed by atoms with Gasteiger partial charge in [-0.25, -0.2) is 0 Å². The van der Waals surface area contributed by atoms with Gasteiger partial charge in [0.05, 0.1) is 0 Å². The summed E-state index contributed by atoms with van der Waals surface area (Å²) >= 11 is 0. The standard InChI is InChI=1S/C7H13N/c1-6(2)7-4-3-5-8-7/h3-4,6-8H,5H2,1-2H3/t7-/m1/s1. The van der Waals surface area contributed by atoms with Gasteiger partial charge in [-0.15, -0.1) is 0 Å². The van der Waals surface area contributed by atoms with Crippen LogP contribution in [0.4, 0.5) is 0 Å². The molecule has 1 heteroatoms. The Kier molecular flexibility index (Phi) is 1.69. The van der Waals surface area contributed by atoms with E-state index >= 15 is 0 Å². The first-order valence-electron chi connectivity index (χ1n) is 3.21. The fraction of sp³-hybridized carbons (Fsp3) is 0.714. The van der Waals surface area contributed by atoms with Crippen LogP contribution in [0.1, 0.15) is 13.8 Å². The molecule has 1 nitrogen and oxygen atoms in total. The van der Waals surface area contributed by atoms with Gasteiger partial charge < -0.3 is 5.32 Å². The monoisotopic (exact) mass is 111 g/mol. The van der Waals surface area contributed by atoms with E-state index in [1.54, 1.807) is 0 Å². The number of hydrogen-bond acceptors (Lipinski definition) is 1. The molecule has 1 N–H and O–H groups in total. The Balaban J connectivity index is 2.36. The van der Waals surface area contributed by atoms with Gasteiger partial charge in [-0.05, 0) is 5.92 Å². The molecule has 1 rings (SSSR count). The van der Waals surface area contributed by atoms with Crippen LogP contribution in [0.5, 0.6) is 0 Å². The van der Waals surface area contributed by atoms with Crippen LogP contribution in [0.15, 0.2) is 12.2 Å². The number of hydrogen-bond donors (Lipinski definition) is 1. The maximum absolute atomic E-state index is 3.34. The highest BCUT2D eigenvalue weighted by Gasteiger charge is 2.10. The zero-order valence-electron chi connectivity index (χ0n) is 5.52. The summed E-state index contributed by atoms with van der Waals surface area (Å²) in [5, 5.41) is 3.34. The predicted octanol–water partition coefficient (Wildman–Crippen LogP) is 1.17. The zero-order chi connectivity index (χ0) is 5.98. The lowest BCUT2D eigenvalue weighted by atomic mass is 10.1. The molecule has 0 bridgehead atoms. The van der Waals surface area contributed by atoms with Gasteiger partial charge in [-0.3, -0.25) is 0 Å². The average Bonchev–Trinajstić information content (AvgIpc) is 2.12. The van der Waals surface area contributed by atoms with Crippen LogP contribution in [0.2, 0.25) is 0 Å². The van der Waals surface area contributed by atoms with Crippen molar-refractivity contribution >= 4 is 0 Å². The summed E-state index contributed by atoms with van der Waals surface area (Å²) in [6, 6.07) is 0.634. The first-order chi connectivity index (χ1) is 3.80. The molecular formula is C7H13N. The molecule has 0 aromatic heterocycles. The molecule has 0 saturated heterocycles. The lowest BCUT2D eigenvalue weighted by Gasteiger charge is -2.11. The van der Waals surface area contributed by atoms with Gasteiger partial charge >= 0.3 is 0 Å². The van der Waals surface area contributed by atoms with Crippen LogP contribution in [-0.2, 0) is 0 Å². The van der Waals surface area contributed by atoms with Crippen molar-refractivity contribution in [3.05, 3.63) is 12.2 Å². The van der Waals surface area contributed by atoms with Crippen molar-refractivity contribution in [3.8, 4) is 0 Å². The Morgan fingerprint density at radius 3 is 2.62 bits per heavy atom. The van der Waals surface area contributed by atoms with Gasteiger partial charge in [0.2, 0.25) is 0 Å². The highest BCUT2D eigenvalue weighted by molar-refractivity contribution is 5.02. The first kappa shape index (κ1) is 5.83. The zero-order valence-corrected chi connectivity index (χ0v) is 5.52. The van der Waals surface area contributed by atoms with E-state index in [1.165, 1.54) is 0 Å². The Hall–Kier alpha value is -0.300. The maximum Gasteiger partial charge on any atom is 0.0276 e. The van der Waals surface area contributed by atoms with E-state index in [0.29, 0.717) is 6.04 Å². The van der Waals surface area contributed by atoms with E-state index in [0.717, 1.165) is 12.5 Å². The van der Waals surface area contributed by atoms with Crippen LogP contribution in [0, 0.1) is 5.92 Å². The predicted molar refractivity (Wildman–Crippen MR) is 35.8 cm³/mol. The van der Waals surface area contributed by atoms with Crippen molar-refractivity contribution < 1.29 is 0 Å². The SMILES string of the molecule is CC(C)[C@H]1C=CCN1. The maximum atomic E-state index is 3.34. The molecule has 8 heavy (non-hydrogen) atoms. The third-order valence-corrected chi connectivity index (χ3v) is 1.53. The Morgan fingerprint density at radius 2 is 2.38 bits per heavy atom. The van der Waals surface area contributed by atoms with E-state index in [1.807, 2.05) is 0 Å². The summed E-state index contributed by atoms with van der Waals surface area (Å²) in [5.74, 6) is 0.744. The lowest BCUT2D eigenvalue weighted by Crippen LogP contribution is -2.26. The second-order valence-electron chi connectivity index (χ2n) is 2.61. The fourth-order valence-corrected chi connectivity index (χ4v) is 0.945. The summed E-state index contributed by atoms with van der Waals surface area (Å²) in [7, 11) is 0. The summed E-state index contributed by atoms with van der Waals surface area (Å²) in [6.07, 6.45) is 4.43. The largest absolute Gasteiger partial charge is 0.307 e. The third kappa shape index (κ3) is 1.10. The average molecular weight is 111 g/mol. The molecule has 0 spiro atoms. The number of nitrogens with one attached hydrogen (secondary N) is 1. The van der Waals surface area contributed by atoms with Crippen LogP contribution in [0.25, 0.3) is 0 Å². The van der Waals surface area contributed by atoms with Crippen molar-refractivity contribution in [2.24, 2.45) is 5.92 Å². The summed E-state index contributed by atoms with van der Waals surface area (Å²) in [5.41, 5.74) is 0. The molecule has 1 heterocycles. The van der Waals surface area contributed by atoms with Crippen LogP contribution >= 0.6 is 0 Å². The van der Waals surface area contributed by atoms with E-state index in [9.17, 15) is 0 Å². The Labute approximate surface area is 50.8 Å². The number of rotatable bonds is 1. The molecule has 0 radical (unpaired) electrons. The smallest absolute Gasteiger partial charge is 0.0276 e. The lowest BCUT2D eigenvalue weighted by molar-refractivity contribution is 0.503. The molecule has 0 amide bonds. The third-order valence-electron chi connectivity index (χ3n) is 1.53. The highest BCUT2D eigenvalue weighted by atomic mass is 14.9. The van der Waals surface area contributed by atoms with E-state index in [-0.39, 0.29) is 0 Å². The highest BCUT2D eigenvalue weighted by Crippen LogP contribution is 2.05. The fourth-order valence-electron chi connectivity index (χ4n) is 0.945. The van der Waals surface area contributed by atoms with Crippen LogP contribution in [-0.4, -0.2) is 12.6 Å². The molecule has 0 aliphatic carbocycles. The molecule has 0 unspecified atom stereocenters. The van der Waals surface area contributed by atoms with Crippen molar-refractivity contribution in [2.45, 2.75) is 19.9 Å². The topological polar surface area (TPSA) is 12.0 Å². The van der Waals surface area contributed by atoms with Gasteiger partial charge in [0, 0.05) is 12.6 Å². The quantitative estimate of drug-likeness (QED) is 0.501. The molecule has 1 aliphatic rings. The minimum atomic E-state index is 0.634. The van der Waals surface area contributed by atoms with Crippen molar-refractivity contribution in [1.82, 2.24) is 5.32 Å². The molecule has 0 aromatic carbocycles. The summed E-state index contributed by atoms with van der Waals surface area (Å²) < 4.78 is 0. The van der Waals surface area contributed by atoms with Crippen molar-refractivity contribution in [3.63, 3.8) is 0 Å². The minimum Gasteiger partial charge on any atom is -0.307 e. The molecular weight excluding hydrogens is 98.1 g/mol. The van der Waals surface area contributed by atoms with E-state index in [4.69, 9.17) is 0 Å². The molecule has 0 saturated carbocycles. The Morgan fingerprint density at radius 1 is 1.62 bits per heavy atom. The minimum absolute atomic E-state index is 0.634. The molecule has 46 valence electrons. The van der Waals surface area contributed by atoms with Gasteiger partial charge in [-0.1, -0.05) is 26.0 Å². The Bertz CT molecular complexity index is 94.6. The molecule has 1 atom stereocenters. The van der Waals surface area contributed by atoms with E-state index < -0.39 is 0 Å². The second-order valence-corrected chi connectivity index (χ2v) is 2.61. The normalized spacial score (nSPS) is 27.6. The first-order valence-corrected chi connectivity index (χ1v) is 3.21.